The van der Waals surface area contributed by atoms with Crippen LogP contribution in [0, 0.1) is 0 Å². The molecule has 0 spiro atoms. The first kappa shape index (κ1) is 15.1. The van der Waals surface area contributed by atoms with Crippen LogP contribution in [0.4, 0.5) is 4.79 Å². The first-order valence-corrected chi connectivity index (χ1v) is 7.63. The number of carbonyl (C=O) groups excluding carboxylic acids is 2. The number of rotatable bonds is 5. The first-order chi connectivity index (χ1) is 9.58. The highest BCUT2D eigenvalue weighted by molar-refractivity contribution is 5.77. The molecule has 0 aromatic heterocycles. The van der Waals surface area contributed by atoms with Gasteiger partial charge in [-0.1, -0.05) is 13.8 Å². The van der Waals surface area contributed by atoms with Crippen molar-refractivity contribution >= 4 is 11.9 Å². The molecular formula is C14H26N4O2. The second kappa shape index (κ2) is 6.92. The Kier molecular flexibility index (Phi) is 5.23. The topological polar surface area (TPSA) is 64.7 Å². The zero-order valence-corrected chi connectivity index (χ0v) is 12.5. The fourth-order valence-electron chi connectivity index (χ4n) is 2.89. The van der Waals surface area contributed by atoms with Crippen LogP contribution in [0.3, 0.4) is 0 Å². The summed E-state index contributed by atoms with van der Waals surface area (Å²) in [6.45, 7) is 8.00. The highest BCUT2D eigenvalue weighted by atomic mass is 16.2. The van der Waals surface area contributed by atoms with Gasteiger partial charge in [0, 0.05) is 51.2 Å². The van der Waals surface area contributed by atoms with Crippen LogP contribution in [0.15, 0.2) is 0 Å². The summed E-state index contributed by atoms with van der Waals surface area (Å²) in [5.41, 5.74) is 0. The summed E-state index contributed by atoms with van der Waals surface area (Å²) in [7, 11) is 0. The molecule has 2 aliphatic rings. The van der Waals surface area contributed by atoms with E-state index < -0.39 is 0 Å². The van der Waals surface area contributed by atoms with E-state index in [-0.39, 0.29) is 11.9 Å². The van der Waals surface area contributed by atoms with Gasteiger partial charge in [-0.15, -0.1) is 0 Å². The number of likely N-dealkylation sites (tertiary alicyclic amines) is 1. The van der Waals surface area contributed by atoms with Crippen LogP contribution in [0.2, 0.25) is 0 Å². The zero-order chi connectivity index (χ0) is 14.5. The number of amides is 3. The van der Waals surface area contributed by atoms with Crippen LogP contribution in [0.25, 0.3) is 0 Å². The summed E-state index contributed by atoms with van der Waals surface area (Å²) in [4.78, 5) is 27.5. The van der Waals surface area contributed by atoms with Crippen LogP contribution in [0.1, 0.15) is 33.1 Å². The van der Waals surface area contributed by atoms with E-state index in [0.717, 1.165) is 45.6 Å². The quantitative estimate of drug-likeness (QED) is 0.767. The van der Waals surface area contributed by atoms with Crippen molar-refractivity contribution in [1.29, 1.82) is 0 Å². The first-order valence-electron chi connectivity index (χ1n) is 7.63. The lowest BCUT2D eigenvalue weighted by atomic mass is 10.0. The summed E-state index contributed by atoms with van der Waals surface area (Å²) in [5, 5.41) is 6.10. The highest BCUT2D eigenvalue weighted by Crippen LogP contribution is 2.18. The molecule has 2 aliphatic heterocycles. The molecule has 2 N–H and O–H groups in total. The van der Waals surface area contributed by atoms with Gasteiger partial charge in [0.15, 0.2) is 0 Å². The van der Waals surface area contributed by atoms with Gasteiger partial charge in [0.25, 0.3) is 0 Å². The SMILES string of the molecule is CC(C)NCCC(=O)N1CCC(N2CCNC2=O)CC1. The van der Waals surface area contributed by atoms with E-state index in [4.69, 9.17) is 0 Å². The predicted molar refractivity (Wildman–Crippen MR) is 77.5 cm³/mol. The molecular weight excluding hydrogens is 256 g/mol. The number of carbonyl (C=O) groups is 2. The van der Waals surface area contributed by atoms with Crippen molar-refractivity contribution in [3.63, 3.8) is 0 Å². The third kappa shape index (κ3) is 3.85. The van der Waals surface area contributed by atoms with Crippen LogP contribution < -0.4 is 10.6 Å². The Morgan fingerprint density at radius 1 is 1.35 bits per heavy atom. The maximum atomic E-state index is 12.1. The van der Waals surface area contributed by atoms with Crippen molar-refractivity contribution < 1.29 is 9.59 Å². The summed E-state index contributed by atoms with van der Waals surface area (Å²) in [6.07, 6.45) is 2.36. The van der Waals surface area contributed by atoms with Gasteiger partial charge in [-0.05, 0) is 12.8 Å². The lowest BCUT2D eigenvalue weighted by Crippen LogP contribution is -2.48. The normalized spacial score (nSPS) is 20.6. The summed E-state index contributed by atoms with van der Waals surface area (Å²) in [6, 6.07) is 0.772. The molecule has 0 unspecified atom stereocenters. The molecule has 0 atom stereocenters. The standard InChI is InChI=1S/C14H26N4O2/c1-11(2)15-6-3-13(19)17-8-4-12(5-9-17)18-10-7-16-14(18)20/h11-12,15H,3-10H2,1-2H3,(H,16,20). The average Bonchev–Trinajstić information content (AvgIpc) is 2.84. The smallest absolute Gasteiger partial charge is 0.317 e. The van der Waals surface area contributed by atoms with Gasteiger partial charge in [0.2, 0.25) is 5.91 Å². The number of nitrogens with one attached hydrogen (secondary N) is 2. The third-order valence-corrected chi connectivity index (χ3v) is 4.04. The maximum absolute atomic E-state index is 12.1. The van der Waals surface area contributed by atoms with Gasteiger partial charge in [-0.2, -0.15) is 0 Å². The Labute approximate surface area is 120 Å². The van der Waals surface area contributed by atoms with Crippen LogP contribution in [-0.2, 0) is 4.79 Å². The minimum atomic E-state index is 0.0518. The van der Waals surface area contributed by atoms with Crippen LogP contribution >= 0.6 is 0 Å². The van der Waals surface area contributed by atoms with Gasteiger partial charge in [-0.25, -0.2) is 4.79 Å². The number of hydrogen-bond acceptors (Lipinski definition) is 3. The summed E-state index contributed by atoms with van der Waals surface area (Å²) in [5.74, 6) is 0.225. The van der Waals surface area contributed by atoms with Crippen molar-refractivity contribution in [1.82, 2.24) is 20.4 Å². The lowest BCUT2D eigenvalue weighted by Gasteiger charge is -2.36. The van der Waals surface area contributed by atoms with Crippen molar-refractivity contribution in [3.05, 3.63) is 0 Å². The lowest BCUT2D eigenvalue weighted by molar-refractivity contribution is -0.132. The Morgan fingerprint density at radius 2 is 2.05 bits per heavy atom. The Balaban J connectivity index is 1.70. The molecule has 6 heteroatoms. The predicted octanol–water partition coefficient (Wildman–Crippen LogP) is 0.391. The summed E-state index contributed by atoms with van der Waals surface area (Å²) >= 11 is 0. The van der Waals surface area contributed by atoms with Gasteiger partial charge in [-0.3, -0.25) is 4.79 Å². The third-order valence-electron chi connectivity index (χ3n) is 4.04. The largest absolute Gasteiger partial charge is 0.343 e. The van der Waals surface area contributed by atoms with E-state index in [0.29, 0.717) is 18.5 Å². The van der Waals surface area contributed by atoms with E-state index >= 15 is 0 Å². The van der Waals surface area contributed by atoms with E-state index in [2.05, 4.69) is 24.5 Å². The fourth-order valence-corrected chi connectivity index (χ4v) is 2.89. The molecule has 0 saturated carbocycles. The van der Waals surface area contributed by atoms with Crippen molar-refractivity contribution in [2.24, 2.45) is 0 Å². The molecule has 0 aliphatic carbocycles. The molecule has 6 nitrogen and oxygen atoms in total. The van der Waals surface area contributed by atoms with Gasteiger partial charge in [0.1, 0.15) is 0 Å². The molecule has 0 radical (unpaired) electrons. The second-order valence-corrected chi connectivity index (χ2v) is 5.90. The molecule has 114 valence electrons. The molecule has 2 rings (SSSR count). The molecule has 2 saturated heterocycles. The van der Waals surface area contributed by atoms with Crippen LogP contribution in [-0.4, -0.2) is 66.5 Å². The molecule has 0 bridgehead atoms. The van der Waals surface area contributed by atoms with Crippen LogP contribution in [0.5, 0.6) is 0 Å². The van der Waals surface area contributed by atoms with Crippen molar-refractivity contribution in [3.8, 4) is 0 Å². The Hall–Kier alpha value is -1.30. The van der Waals surface area contributed by atoms with E-state index in [1.54, 1.807) is 0 Å². The molecule has 0 aromatic rings. The van der Waals surface area contributed by atoms with Gasteiger partial charge in [0.05, 0.1) is 0 Å². The van der Waals surface area contributed by atoms with E-state index in [9.17, 15) is 9.59 Å². The van der Waals surface area contributed by atoms with Crippen molar-refractivity contribution in [2.45, 2.75) is 45.2 Å². The van der Waals surface area contributed by atoms with Crippen molar-refractivity contribution in [2.75, 3.05) is 32.7 Å². The van der Waals surface area contributed by atoms with E-state index in [1.165, 1.54) is 0 Å². The maximum Gasteiger partial charge on any atom is 0.317 e. The minimum absolute atomic E-state index is 0.0518. The minimum Gasteiger partial charge on any atom is -0.343 e. The molecule has 2 fully saturated rings. The molecule has 3 amide bonds. The van der Waals surface area contributed by atoms with Gasteiger partial charge >= 0.3 is 6.03 Å². The molecule has 20 heavy (non-hydrogen) atoms. The van der Waals surface area contributed by atoms with Gasteiger partial charge < -0.3 is 20.4 Å². The fraction of sp³-hybridized carbons (Fsp3) is 0.857. The summed E-state index contributed by atoms with van der Waals surface area (Å²) < 4.78 is 0. The number of urea groups is 1. The average molecular weight is 282 g/mol. The molecule has 0 aromatic carbocycles. The van der Waals surface area contributed by atoms with E-state index in [1.807, 2.05) is 9.80 Å². The zero-order valence-electron chi connectivity index (χ0n) is 12.5. The number of piperidine rings is 1. The monoisotopic (exact) mass is 282 g/mol. The number of hydrogen-bond donors (Lipinski definition) is 2. The second-order valence-electron chi connectivity index (χ2n) is 5.90. The number of nitrogens with zero attached hydrogens (tertiary/aromatic N) is 2. The highest BCUT2D eigenvalue weighted by Gasteiger charge is 2.31. The Morgan fingerprint density at radius 3 is 2.60 bits per heavy atom. The molecule has 2 heterocycles. The Bertz CT molecular complexity index is 351.